The zero-order chi connectivity index (χ0) is 81.8. The number of hydrogen-bond acceptors (Lipinski definition) is 17. The summed E-state index contributed by atoms with van der Waals surface area (Å²) in [4.78, 5) is 62.7. The van der Waals surface area contributed by atoms with Crippen molar-refractivity contribution in [2.75, 3.05) is 91.8 Å². The summed E-state index contributed by atoms with van der Waals surface area (Å²) >= 11 is 0. The zero-order valence-corrected chi connectivity index (χ0v) is 70.8. The largest absolute Gasteiger partial charge is 0.481 e. The number of aromatic amines is 4. The number of nitrogens with one attached hydrogen (secondary N) is 4. The van der Waals surface area contributed by atoms with Gasteiger partial charge < -0.3 is 34.3 Å². The third-order valence-corrected chi connectivity index (χ3v) is 18.6. The van der Waals surface area contributed by atoms with Gasteiger partial charge >= 0.3 is 17.9 Å². The van der Waals surface area contributed by atoms with Crippen molar-refractivity contribution in [3.63, 3.8) is 0 Å². The summed E-state index contributed by atoms with van der Waals surface area (Å²) in [5, 5.41) is 53.0. The van der Waals surface area contributed by atoms with E-state index in [1.54, 1.807) is 17.7 Å². The Labute approximate surface area is 657 Å². The van der Waals surface area contributed by atoms with E-state index in [-0.39, 0.29) is 0 Å². The number of piperazine rings is 1. The molecule has 0 atom stereocenters. The van der Waals surface area contributed by atoms with Crippen LogP contribution in [0.2, 0.25) is 0 Å². The highest BCUT2D eigenvalue weighted by molar-refractivity contribution is 5.73. The predicted molar refractivity (Wildman–Crippen MR) is 446 cm³/mol. The van der Waals surface area contributed by atoms with Gasteiger partial charge in [-0.3, -0.25) is 44.4 Å². The lowest BCUT2D eigenvalue weighted by molar-refractivity contribution is -0.134. The fourth-order valence-corrected chi connectivity index (χ4v) is 12.2. The molecule has 616 valence electrons. The maximum atomic E-state index is 10.6. The second-order valence-corrected chi connectivity index (χ2v) is 32.0. The van der Waals surface area contributed by atoms with Crippen molar-refractivity contribution in [2.24, 2.45) is 34.6 Å². The number of likely N-dealkylation sites (tertiary alicyclic amines) is 1. The first kappa shape index (κ1) is 96.1. The summed E-state index contributed by atoms with van der Waals surface area (Å²) in [5.74, 6) is 2.62. The monoisotopic (exact) mass is 1530 g/mol. The molecule has 0 bridgehead atoms. The lowest BCUT2D eigenvalue weighted by Crippen LogP contribution is -2.50. The van der Waals surface area contributed by atoms with Crippen LogP contribution in [0, 0.1) is 29.6 Å². The molecule has 7 aliphatic heterocycles. The summed E-state index contributed by atoms with van der Waals surface area (Å²) in [7, 11) is 0. The highest BCUT2D eigenvalue weighted by atomic mass is 16.5. The van der Waals surface area contributed by atoms with Crippen LogP contribution >= 0.6 is 0 Å². The van der Waals surface area contributed by atoms with Crippen molar-refractivity contribution < 1.29 is 38.9 Å². The molecule has 7 aliphatic rings. The summed E-state index contributed by atoms with van der Waals surface area (Å²) in [5.41, 5.74) is 12.5. The molecule has 0 spiro atoms. The molecule has 11 heterocycles. The van der Waals surface area contributed by atoms with E-state index in [2.05, 4.69) is 251 Å². The molecule has 0 aliphatic carbocycles. The van der Waals surface area contributed by atoms with E-state index in [1.807, 2.05) is 42.6 Å². The van der Waals surface area contributed by atoms with Gasteiger partial charge in [0.15, 0.2) is 5.58 Å². The summed E-state index contributed by atoms with van der Waals surface area (Å²) in [6, 6.07) is 28.7. The van der Waals surface area contributed by atoms with Crippen LogP contribution in [-0.2, 0) is 41.9 Å². The molecule has 3 saturated heterocycles. The molecule has 3 aromatic carbocycles. The first-order chi connectivity index (χ1) is 52.1. The Bertz CT molecular complexity index is 3520. The molecular formula is C84H141N17O9. The first-order valence-corrected chi connectivity index (χ1v) is 40.1. The lowest BCUT2D eigenvalue weighted by Gasteiger charge is -2.35. The number of oxazole rings is 1. The molecular weight excluding hydrogens is 1390 g/mol. The van der Waals surface area contributed by atoms with E-state index in [9.17, 15) is 14.4 Å². The van der Waals surface area contributed by atoms with Gasteiger partial charge in [0.1, 0.15) is 11.0 Å². The van der Waals surface area contributed by atoms with Crippen LogP contribution in [0.3, 0.4) is 0 Å². The maximum absolute atomic E-state index is 10.6. The Morgan fingerprint density at radius 1 is 0.518 bits per heavy atom. The van der Waals surface area contributed by atoms with Crippen molar-refractivity contribution in [3.8, 4) is 0 Å². The maximum Gasteiger partial charge on any atom is 0.417 e. The molecule has 110 heavy (non-hydrogen) atoms. The number of morpholine rings is 1. The van der Waals surface area contributed by atoms with Gasteiger partial charge in [-0.2, -0.15) is 35.9 Å². The Morgan fingerprint density at radius 2 is 0.982 bits per heavy atom. The number of benzene rings is 3. The van der Waals surface area contributed by atoms with Crippen LogP contribution < -0.4 is 5.76 Å². The number of ether oxygens (including phenoxy) is 1. The summed E-state index contributed by atoms with van der Waals surface area (Å²) in [6.45, 7) is 60.3. The number of hydrogen-bond donors (Lipinski definition) is 7. The molecule has 14 rings (SSSR count). The number of carbonyl (C=O) groups is 3. The minimum Gasteiger partial charge on any atom is -0.481 e. The third-order valence-electron chi connectivity index (χ3n) is 18.6. The van der Waals surface area contributed by atoms with Crippen molar-refractivity contribution in [2.45, 2.75) is 234 Å². The normalized spacial score (nSPS) is 16.5. The van der Waals surface area contributed by atoms with Crippen LogP contribution in [0.25, 0.3) is 22.1 Å². The van der Waals surface area contributed by atoms with E-state index >= 15 is 0 Å². The molecule has 7 aromatic rings. The molecule has 0 radical (unpaired) electrons. The molecule has 7 N–H and O–H groups in total. The van der Waals surface area contributed by atoms with Gasteiger partial charge in [-0.05, 0) is 153 Å². The highest BCUT2D eigenvalue weighted by Gasteiger charge is 2.26. The quantitative estimate of drug-likeness (QED) is 0.0743. The van der Waals surface area contributed by atoms with Crippen LogP contribution in [0.4, 0.5) is 9.59 Å². The van der Waals surface area contributed by atoms with Gasteiger partial charge in [0.05, 0.1) is 36.3 Å². The minimum atomic E-state index is -0.833. The second-order valence-electron chi connectivity index (χ2n) is 32.0. The highest BCUT2D eigenvalue weighted by Crippen LogP contribution is 2.27. The number of H-pyrrole nitrogens is 4. The number of rotatable bonds is 8. The van der Waals surface area contributed by atoms with E-state index < -0.39 is 23.9 Å². The van der Waals surface area contributed by atoms with Gasteiger partial charge in [0.25, 0.3) is 5.97 Å². The number of piperidine rings is 1. The van der Waals surface area contributed by atoms with E-state index in [0.29, 0.717) is 54.8 Å². The first-order valence-electron chi connectivity index (χ1n) is 40.1. The number of carboxylic acids is 1. The van der Waals surface area contributed by atoms with E-state index in [4.69, 9.17) is 29.3 Å². The van der Waals surface area contributed by atoms with Crippen LogP contribution in [0.1, 0.15) is 199 Å². The number of nitrogens with zero attached hydrogens (tertiary/aromatic N) is 13. The lowest BCUT2D eigenvalue weighted by atomic mass is 9.87. The molecule has 3 fully saturated rings. The topological polar surface area (TPSA) is 314 Å². The number of fused-ring (bicyclic) bond motifs is 4. The minimum absolute atomic E-state index is 0.402. The standard InChI is InChI=1S/C10H16N2.C10H14.C9H15N3.C9H17NO2.C8H14N4.C8H16N2O2.C7H5NO2.C7H15NO.C6H5N3.2C4H10.C2H4O2/c1-8(2)12-6-4-10-9(7-12)3-5-11-10;1-9(2)8-10-6-4-3-5-7-10;1-7(2)12-4-3-9-8(6-12)5-10-11-9;1-7(2)8-3-5-10(6-4-8)9(11)12;1-6(2)12-4-3-7-8(5-12)10-11-9-7;1-7(2)9-3-5-10(6-4-9)8(11)12;9-7-8-5-3-1-2-4-6(5)10-7;1-7(2)8-3-5-9-6-4-8;1-2-4-6-5(3-1)7-9-8-6;2*1-4(2)3;1-2(3)4/h5,8H,3-4,6-7H2,1-2H3;3-7,9H,8H2,1-2H3;5,7H,3-4,6H2,1-2H3,(H,10,11);7-8H,3-6H2,1-2H3,(H,11,12);6H,3-5H2,1-2H3,(H,9,10,11);7H,3-6H2,1-2H3,(H,11,12);1-4H,(H,8,9);7H,3-6H2,1-2H3;1-4H,(H,7,8,9);2*4H,1-3H3;1H3,(H,3,4). The molecule has 0 saturated carbocycles. The fourth-order valence-electron chi connectivity index (χ4n) is 12.2. The smallest absolute Gasteiger partial charge is 0.417 e. The van der Waals surface area contributed by atoms with Crippen molar-refractivity contribution in [1.29, 1.82) is 0 Å². The molecule has 4 aromatic heterocycles. The average molecular weight is 1530 g/mol. The van der Waals surface area contributed by atoms with Crippen LogP contribution in [0.15, 0.2) is 111 Å². The van der Waals surface area contributed by atoms with Gasteiger partial charge in [-0.25, -0.2) is 14.4 Å². The van der Waals surface area contributed by atoms with Gasteiger partial charge in [-0.15, -0.1) is 0 Å². The molecule has 2 amide bonds. The molecule has 0 unspecified atom stereocenters. The average Bonchev–Trinajstić information content (AvgIpc) is 1.71. The fraction of sp³-hybridized carbons (Fsp3) is 0.643. The predicted octanol–water partition coefficient (Wildman–Crippen LogP) is 15.4. The third kappa shape index (κ3) is 39.7. The van der Waals surface area contributed by atoms with Gasteiger partial charge in [0, 0.05) is 178 Å². The summed E-state index contributed by atoms with van der Waals surface area (Å²) in [6.07, 6.45) is 10.1. The number of aliphatic imine (C=N–C) groups is 1. The van der Waals surface area contributed by atoms with Crippen LogP contribution in [-0.4, -0.2) is 242 Å². The Hall–Kier alpha value is -8.14. The zero-order valence-electron chi connectivity index (χ0n) is 70.8. The Kier molecular flexibility index (Phi) is 46.2. The van der Waals surface area contributed by atoms with Crippen molar-refractivity contribution >= 4 is 46.5 Å². The number of amides is 2. The molecule has 26 heteroatoms. The number of para-hydroxylation sites is 4. The van der Waals surface area contributed by atoms with E-state index in [0.717, 1.165) is 182 Å². The summed E-state index contributed by atoms with van der Waals surface area (Å²) < 4.78 is 9.96. The molecule has 26 nitrogen and oxygen atoms in total. The van der Waals surface area contributed by atoms with Crippen molar-refractivity contribution in [1.82, 2.24) is 80.3 Å². The Balaban J connectivity index is 0.000000315. The van der Waals surface area contributed by atoms with E-state index in [1.165, 1.54) is 45.3 Å². The number of carboxylic acid groups (broad SMARTS) is 3. The van der Waals surface area contributed by atoms with Crippen molar-refractivity contribution in [3.05, 3.63) is 135 Å². The van der Waals surface area contributed by atoms with Gasteiger partial charge in [0.2, 0.25) is 0 Å². The Morgan fingerprint density at radius 3 is 1.49 bits per heavy atom. The van der Waals surface area contributed by atoms with Gasteiger partial charge in [-0.1, -0.05) is 124 Å². The SMILES string of the molecule is CC(=O)O.CC(C)C.CC(C)C.CC(C)C1CCN(C(=O)O)CC1.CC(C)Cc1ccccc1.CC(C)N1CCC2=C(CC=N2)C1.CC(C)N1CCN(C(=O)O)CC1.CC(C)N1CCOCC1.CC(C)N1CCc2[nH]ncc2C1.CC(C)N1CCc2n[nH]nc2C1.O=c1[nH]c2ccccc2o1.c1ccc2n[nH]nc2c1. The second kappa shape index (κ2) is 52.9. The number of aromatic nitrogens is 9. The van der Waals surface area contributed by atoms with Crippen LogP contribution in [0.5, 0.6) is 0 Å². The number of aliphatic carboxylic acids is 1.